The Hall–Kier alpha value is -0.730. The number of ether oxygens (including phenoxy) is 1. The minimum atomic E-state index is -0.0215. The highest BCUT2D eigenvalue weighted by Gasteiger charge is 2.15. The number of nitrogens with two attached hydrogens (primary N) is 1. The van der Waals surface area contributed by atoms with Gasteiger partial charge in [-0.25, -0.2) is 0 Å². The van der Waals surface area contributed by atoms with Gasteiger partial charge in [0.05, 0.1) is 11.6 Å². The predicted octanol–water partition coefficient (Wildman–Crippen LogP) is 2.06. The fourth-order valence-corrected chi connectivity index (χ4v) is 2.20. The monoisotopic (exact) mass is 392 g/mol. The van der Waals surface area contributed by atoms with Crippen LogP contribution in [-0.4, -0.2) is 42.6 Å². The van der Waals surface area contributed by atoms with Gasteiger partial charge in [0, 0.05) is 35.8 Å². The lowest BCUT2D eigenvalue weighted by Crippen LogP contribution is -2.36. The lowest BCUT2D eigenvalue weighted by molar-refractivity contribution is 0.0701. The lowest BCUT2D eigenvalue weighted by atomic mass is 10.2. The van der Waals surface area contributed by atoms with Crippen LogP contribution in [0.15, 0.2) is 24.3 Å². The maximum atomic E-state index is 12.4. The van der Waals surface area contributed by atoms with Crippen LogP contribution in [0.5, 0.6) is 0 Å². The minimum Gasteiger partial charge on any atom is -0.393 e. The number of hydrogen-bond donors (Lipinski definition) is 1. The van der Waals surface area contributed by atoms with Crippen LogP contribution in [0.1, 0.15) is 16.8 Å². The molecule has 0 radical (unpaired) electrons. The highest BCUT2D eigenvalue weighted by atomic mass is 127. The summed E-state index contributed by atoms with van der Waals surface area (Å²) in [6.45, 7) is 1.54. The number of nitrogens with zero attached hydrogens (tertiary/aromatic N) is 1. The molecule has 4 nitrogen and oxygen atoms in total. The molecular formula is C13H17IN2O2S. The van der Waals surface area contributed by atoms with Crippen molar-refractivity contribution in [2.24, 2.45) is 5.73 Å². The van der Waals surface area contributed by atoms with Gasteiger partial charge in [0.25, 0.3) is 5.91 Å². The number of rotatable bonds is 7. The number of amides is 1. The summed E-state index contributed by atoms with van der Waals surface area (Å²) in [7, 11) is 1.61. The molecule has 19 heavy (non-hydrogen) atoms. The summed E-state index contributed by atoms with van der Waals surface area (Å²) >= 11 is 7.04. The summed E-state index contributed by atoms with van der Waals surface area (Å²) in [6, 6.07) is 7.50. The Labute approximate surface area is 132 Å². The van der Waals surface area contributed by atoms with Crippen molar-refractivity contribution in [1.82, 2.24) is 4.90 Å². The van der Waals surface area contributed by atoms with Crippen LogP contribution < -0.4 is 5.73 Å². The molecule has 0 unspecified atom stereocenters. The second-order valence-electron chi connectivity index (χ2n) is 4.01. The zero-order valence-electron chi connectivity index (χ0n) is 10.8. The first kappa shape index (κ1) is 16.3. The molecule has 1 aromatic carbocycles. The summed E-state index contributed by atoms with van der Waals surface area (Å²) < 4.78 is 6.06. The van der Waals surface area contributed by atoms with E-state index in [9.17, 15) is 4.79 Å². The highest BCUT2D eigenvalue weighted by molar-refractivity contribution is 14.1. The summed E-state index contributed by atoms with van der Waals surface area (Å²) in [5, 5.41) is 0. The molecule has 6 heteroatoms. The number of carbonyl (C=O) groups excluding carboxylic acids is 1. The molecule has 0 saturated carbocycles. The third-order valence-corrected chi connectivity index (χ3v) is 3.43. The first-order valence-electron chi connectivity index (χ1n) is 5.86. The molecule has 2 N–H and O–H groups in total. The van der Waals surface area contributed by atoms with E-state index in [1.165, 1.54) is 0 Å². The Morgan fingerprint density at radius 1 is 1.47 bits per heavy atom. The van der Waals surface area contributed by atoms with Gasteiger partial charge in [0.2, 0.25) is 0 Å². The molecule has 0 saturated heterocycles. The van der Waals surface area contributed by atoms with Gasteiger partial charge in [-0.3, -0.25) is 4.79 Å². The number of thiocarbonyl (C=S) groups is 1. The molecule has 0 aliphatic rings. The van der Waals surface area contributed by atoms with E-state index in [2.05, 4.69) is 22.6 Å². The number of carbonyl (C=O) groups is 1. The Balaban J connectivity index is 2.77. The second-order valence-corrected chi connectivity index (χ2v) is 5.78. The van der Waals surface area contributed by atoms with Crippen LogP contribution in [0.3, 0.4) is 0 Å². The third kappa shape index (κ3) is 5.84. The van der Waals surface area contributed by atoms with E-state index >= 15 is 0 Å². The number of methoxy groups -OCH3 is 1. The highest BCUT2D eigenvalue weighted by Crippen LogP contribution is 2.11. The first-order valence-corrected chi connectivity index (χ1v) is 7.35. The van der Waals surface area contributed by atoms with Gasteiger partial charge in [-0.15, -0.1) is 0 Å². The van der Waals surface area contributed by atoms with Crippen molar-refractivity contribution in [2.45, 2.75) is 6.42 Å². The van der Waals surface area contributed by atoms with Gasteiger partial charge in [-0.1, -0.05) is 18.3 Å². The topological polar surface area (TPSA) is 55.6 Å². The number of halogens is 1. The van der Waals surface area contributed by atoms with Crippen molar-refractivity contribution in [3.05, 3.63) is 33.4 Å². The van der Waals surface area contributed by atoms with Gasteiger partial charge in [0.1, 0.15) is 0 Å². The van der Waals surface area contributed by atoms with E-state index in [1.807, 2.05) is 24.3 Å². The molecule has 0 heterocycles. The zero-order chi connectivity index (χ0) is 14.3. The molecular weight excluding hydrogens is 375 g/mol. The van der Waals surface area contributed by atoms with E-state index in [0.717, 1.165) is 3.57 Å². The third-order valence-electron chi connectivity index (χ3n) is 2.55. The van der Waals surface area contributed by atoms with Gasteiger partial charge >= 0.3 is 0 Å². The summed E-state index contributed by atoms with van der Waals surface area (Å²) in [5.74, 6) is -0.0215. The number of hydrogen-bond acceptors (Lipinski definition) is 3. The van der Waals surface area contributed by atoms with Gasteiger partial charge < -0.3 is 15.4 Å². The van der Waals surface area contributed by atoms with Crippen molar-refractivity contribution in [1.29, 1.82) is 0 Å². The molecule has 1 aromatic rings. The molecule has 0 spiro atoms. The fourth-order valence-electron chi connectivity index (χ4n) is 1.57. The fraction of sp³-hybridized carbons (Fsp3) is 0.385. The van der Waals surface area contributed by atoms with E-state index in [0.29, 0.717) is 36.7 Å². The molecule has 0 bridgehead atoms. The Morgan fingerprint density at radius 2 is 2.21 bits per heavy atom. The largest absolute Gasteiger partial charge is 0.393 e. The van der Waals surface area contributed by atoms with Gasteiger partial charge in [0.15, 0.2) is 0 Å². The molecule has 0 aromatic heterocycles. The molecule has 1 rings (SSSR count). The van der Waals surface area contributed by atoms with Gasteiger partial charge in [-0.2, -0.15) is 0 Å². The average Bonchev–Trinajstić information content (AvgIpc) is 2.38. The van der Waals surface area contributed by atoms with Crippen LogP contribution in [0.25, 0.3) is 0 Å². The van der Waals surface area contributed by atoms with Crippen LogP contribution in [-0.2, 0) is 4.74 Å². The zero-order valence-corrected chi connectivity index (χ0v) is 13.7. The molecule has 0 aliphatic heterocycles. The maximum Gasteiger partial charge on any atom is 0.253 e. The standard InChI is InChI=1S/C13H17IN2O2S/c1-18-8-7-16(6-5-12(15)19)13(17)10-3-2-4-11(14)9-10/h2-4,9H,5-8H2,1H3,(H2,15,19). The maximum absolute atomic E-state index is 12.4. The van der Waals surface area contributed by atoms with Crippen molar-refractivity contribution < 1.29 is 9.53 Å². The Kier molecular flexibility index (Phi) is 7.25. The van der Waals surface area contributed by atoms with E-state index < -0.39 is 0 Å². The van der Waals surface area contributed by atoms with E-state index in [-0.39, 0.29) is 5.91 Å². The quantitative estimate of drug-likeness (QED) is 0.570. The van der Waals surface area contributed by atoms with Crippen LogP contribution in [0.2, 0.25) is 0 Å². The smallest absolute Gasteiger partial charge is 0.253 e. The molecule has 104 valence electrons. The first-order chi connectivity index (χ1) is 9.04. The van der Waals surface area contributed by atoms with Crippen molar-refractivity contribution in [2.75, 3.05) is 26.8 Å². The molecule has 1 amide bonds. The summed E-state index contributed by atoms with van der Waals surface area (Å²) in [6.07, 6.45) is 0.523. The second kappa shape index (κ2) is 8.44. The van der Waals surface area contributed by atoms with Crippen LogP contribution in [0, 0.1) is 3.57 Å². The minimum absolute atomic E-state index is 0.0215. The SMILES string of the molecule is COCCN(CCC(N)=S)C(=O)c1cccc(I)c1. The summed E-state index contributed by atoms with van der Waals surface area (Å²) in [4.78, 5) is 14.5. The Bertz CT molecular complexity index is 454. The normalized spacial score (nSPS) is 10.2. The van der Waals surface area contributed by atoms with Crippen LogP contribution in [0.4, 0.5) is 0 Å². The molecule has 0 fully saturated rings. The van der Waals surface area contributed by atoms with Crippen molar-refractivity contribution >= 4 is 45.7 Å². The molecule has 0 atom stereocenters. The van der Waals surface area contributed by atoms with Gasteiger partial charge in [-0.05, 0) is 40.8 Å². The van der Waals surface area contributed by atoms with E-state index in [4.69, 9.17) is 22.7 Å². The van der Waals surface area contributed by atoms with Crippen LogP contribution >= 0.6 is 34.8 Å². The Morgan fingerprint density at radius 3 is 2.79 bits per heavy atom. The summed E-state index contributed by atoms with van der Waals surface area (Å²) in [5.41, 5.74) is 6.17. The van der Waals surface area contributed by atoms with Crippen molar-refractivity contribution in [3.8, 4) is 0 Å². The molecule has 0 aliphatic carbocycles. The average molecular weight is 392 g/mol. The predicted molar refractivity (Wildman–Crippen MR) is 88.3 cm³/mol. The van der Waals surface area contributed by atoms with Crippen molar-refractivity contribution in [3.63, 3.8) is 0 Å². The van der Waals surface area contributed by atoms with E-state index in [1.54, 1.807) is 12.0 Å². The lowest BCUT2D eigenvalue weighted by Gasteiger charge is -2.22. The number of benzene rings is 1.